The topological polar surface area (TPSA) is 129 Å². The summed E-state index contributed by atoms with van der Waals surface area (Å²) in [4.78, 5) is 46.5. The Kier molecular flexibility index (Phi) is 7.35. The summed E-state index contributed by atoms with van der Waals surface area (Å²) in [5, 5.41) is 14.1. The molecule has 4 aromatic rings. The van der Waals surface area contributed by atoms with E-state index in [0.29, 0.717) is 59.9 Å². The minimum absolute atomic E-state index is 0.0234. The number of hydrogen-bond acceptors (Lipinski definition) is 6. The molecule has 2 aromatic carbocycles. The summed E-state index contributed by atoms with van der Waals surface area (Å²) in [5.41, 5.74) is 3.55. The maximum absolute atomic E-state index is 13.7. The van der Waals surface area contributed by atoms with Gasteiger partial charge in [0.25, 0.3) is 5.56 Å². The Hall–Kier alpha value is -5.12. The van der Waals surface area contributed by atoms with Crippen molar-refractivity contribution in [3.05, 3.63) is 112 Å². The summed E-state index contributed by atoms with van der Waals surface area (Å²) in [7, 11) is 0. The van der Waals surface area contributed by atoms with Crippen LogP contribution in [0.25, 0.3) is 16.5 Å². The van der Waals surface area contributed by atoms with Gasteiger partial charge >= 0.3 is 5.97 Å². The fourth-order valence-corrected chi connectivity index (χ4v) is 5.32. The molecule has 2 N–H and O–H groups in total. The van der Waals surface area contributed by atoms with Crippen molar-refractivity contribution in [1.82, 2.24) is 10.1 Å². The summed E-state index contributed by atoms with van der Waals surface area (Å²) in [5.74, 6) is -0.985. The summed E-state index contributed by atoms with van der Waals surface area (Å²) >= 11 is 0. The lowest BCUT2D eigenvalue weighted by Crippen LogP contribution is -2.45. The Morgan fingerprint density at radius 3 is 2.71 bits per heavy atom. The molecule has 1 aliphatic carbocycles. The van der Waals surface area contributed by atoms with Crippen LogP contribution in [0.4, 0.5) is 10.1 Å². The number of carbonyl (C=O) groups excluding carboxylic acids is 1. The molecule has 0 bridgehead atoms. The van der Waals surface area contributed by atoms with Crippen LogP contribution in [0.15, 0.2) is 92.8 Å². The molecule has 6 rings (SSSR count). The van der Waals surface area contributed by atoms with Gasteiger partial charge in [0.1, 0.15) is 23.1 Å². The number of fused-ring (bicyclic) bond motifs is 2. The van der Waals surface area contributed by atoms with E-state index >= 15 is 0 Å². The number of amidine groups is 1. The number of unbranched alkanes of at least 4 members (excludes halogenated alkanes) is 1. The van der Waals surface area contributed by atoms with Gasteiger partial charge in [-0.1, -0.05) is 29.4 Å². The van der Waals surface area contributed by atoms with Gasteiger partial charge in [-0.05, 0) is 67.1 Å². The molecule has 3 heterocycles. The molecule has 0 spiro atoms. The third kappa shape index (κ3) is 5.56. The smallest absolute Gasteiger partial charge is 0.303 e. The molecule has 0 saturated carbocycles. The number of carboxylic acid groups (broad SMARTS) is 1. The number of carbonyl (C=O) groups is 2. The minimum atomic E-state index is -0.880. The van der Waals surface area contributed by atoms with Crippen molar-refractivity contribution in [2.24, 2.45) is 10.9 Å². The number of carboxylic acids is 1. The minimum Gasteiger partial charge on any atom is -0.481 e. The maximum Gasteiger partial charge on any atom is 0.303 e. The molecule has 2 aliphatic rings. The van der Waals surface area contributed by atoms with Gasteiger partial charge in [-0.25, -0.2) is 9.38 Å². The van der Waals surface area contributed by atoms with Gasteiger partial charge in [-0.15, -0.1) is 0 Å². The Balaban J connectivity index is 1.26. The largest absolute Gasteiger partial charge is 0.481 e. The number of nitrogens with one attached hydrogen (secondary N) is 1. The van der Waals surface area contributed by atoms with Crippen LogP contribution in [0, 0.1) is 11.7 Å². The molecule has 42 heavy (non-hydrogen) atoms. The van der Waals surface area contributed by atoms with Crippen LogP contribution in [0.5, 0.6) is 0 Å². The molecular formula is C32H27FN4O5. The summed E-state index contributed by atoms with van der Waals surface area (Å²) < 4.78 is 19.2. The van der Waals surface area contributed by atoms with E-state index in [2.05, 4.69) is 10.1 Å². The standard InChI is InChI=1S/C32H27FN4O5/c33-22-10-12-23(13-11-22)37-29(7-3-4-8-30(38)39)34-28-17-20(9-14-25(28)32(37)41)27-18-24(42-36-27)16-21-15-19-5-1-2-6-26(19)35-31(21)40/h1-2,5-6,9-13,15,17-18,25H,3-4,7-8,14,16H2,(H,35,40)(H,38,39). The number of amides is 1. The fourth-order valence-electron chi connectivity index (χ4n) is 5.32. The highest BCUT2D eigenvalue weighted by molar-refractivity contribution is 6.20. The van der Waals surface area contributed by atoms with E-state index in [-0.39, 0.29) is 24.3 Å². The first-order chi connectivity index (χ1) is 20.4. The first kappa shape index (κ1) is 27.1. The van der Waals surface area contributed by atoms with Crippen molar-refractivity contribution in [1.29, 1.82) is 0 Å². The van der Waals surface area contributed by atoms with Crippen LogP contribution in [0.1, 0.15) is 49.1 Å². The van der Waals surface area contributed by atoms with Crippen LogP contribution in [-0.4, -0.2) is 33.0 Å². The highest BCUT2D eigenvalue weighted by atomic mass is 19.1. The third-order valence-corrected chi connectivity index (χ3v) is 7.44. The van der Waals surface area contributed by atoms with Gasteiger partial charge in [0.2, 0.25) is 5.91 Å². The number of pyridine rings is 1. The SMILES string of the molecule is O=C(O)CCCCC1=NC2=CC(c3cc(Cc4cc5ccccc5[nH]c4=O)on3)=CCC2C(=O)N1c1ccc(F)cc1. The van der Waals surface area contributed by atoms with Crippen molar-refractivity contribution in [3.63, 3.8) is 0 Å². The van der Waals surface area contributed by atoms with Gasteiger partial charge in [0.15, 0.2) is 0 Å². The Morgan fingerprint density at radius 2 is 1.90 bits per heavy atom. The number of para-hydroxylation sites is 1. The van der Waals surface area contributed by atoms with Crippen molar-refractivity contribution < 1.29 is 23.6 Å². The molecule has 2 aromatic heterocycles. The number of rotatable bonds is 9. The number of H-pyrrole nitrogens is 1. The summed E-state index contributed by atoms with van der Waals surface area (Å²) in [6, 6.07) is 16.8. The third-order valence-electron chi connectivity index (χ3n) is 7.44. The van der Waals surface area contributed by atoms with Gasteiger partial charge in [-0.3, -0.25) is 19.3 Å². The second-order valence-corrected chi connectivity index (χ2v) is 10.4. The molecule has 0 radical (unpaired) electrons. The second-order valence-electron chi connectivity index (χ2n) is 10.4. The van der Waals surface area contributed by atoms with Crippen molar-refractivity contribution >= 4 is 39.9 Å². The number of aromatic amines is 1. The van der Waals surface area contributed by atoms with E-state index in [4.69, 9.17) is 14.6 Å². The number of anilines is 1. The van der Waals surface area contributed by atoms with Crippen molar-refractivity contribution in [2.45, 2.75) is 38.5 Å². The quantitative estimate of drug-likeness (QED) is 0.253. The number of benzene rings is 2. The van der Waals surface area contributed by atoms with E-state index in [0.717, 1.165) is 16.5 Å². The zero-order valence-electron chi connectivity index (χ0n) is 22.5. The molecule has 212 valence electrons. The number of aliphatic imine (C=N–C) groups is 1. The number of aromatic nitrogens is 2. The number of hydrogen-bond donors (Lipinski definition) is 2. The molecule has 9 nitrogen and oxygen atoms in total. The molecule has 1 aliphatic heterocycles. The Bertz CT molecular complexity index is 1830. The number of nitrogens with zero attached hydrogens (tertiary/aromatic N) is 3. The van der Waals surface area contributed by atoms with Gasteiger partial charge < -0.3 is 14.6 Å². The highest BCUT2D eigenvalue weighted by Gasteiger charge is 2.37. The number of aliphatic carboxylic acids is 1. The monoisotopic (exact) mass is 566 g/mol. The van der Waals surface area contributed by atoms with E-state index in [1.54, 1.807) is 6.07 Å². The van der Waals surface area contributed by atoms with Gasteiger partial charge in [0, 0.05) is 42.0 Å². The Labute approximate surface area is 239 Å². The number of allylic oxidation sites excluding steroid dienone is 3. The van der Waals surface area contributed by atoms with Crippen LogP contribution >= 0.6 is 0 Å². The first-order valence-electron chi connectivity index (χ1n) is 13.7. The van der Waals surface area contributed by atoms with Crippen molar-refractivity contribution in [3.8, 4) is 0 Å². The molecule has 1 unspecified atom stereocenters. The Morgan fingerprint density at radius 1 is 1.10 bits per heavy atom. The second kappa shape index (κ2) is 11.4. The van der Waals surface area contributed by atoms with Crippen molar-refractivity contribution in [2.75, 3.05) is 4.90 Å². The lowest BCUT2D eigenvalue weighted by Gasteiger charge is -2.34. The summed E-state index contributed by atoms with van der Waals surface area (Å²) in [6.07, 6.45) is 5.75. The molecule has 0 saturated heterocycles. The van der Waals surface area contributed by atoms with Crippen LogP contribution < -0.4 is 10.5 Å². The normalized spacial score (nSPS) is 16.6. The molecule has 0 fully saturated rings. The molecular weight excluding hydrogens is 539 g/mol. The first-order valence-corrected chi connectivity index (χ1v) is 13.7. The highest BCUT2D eigenvalue weighted by Crippen LogP contribution is 2.36. The maximum atomic E-state index is 13.7. The zero-order valence-corrected chi connectivity index (χ0v) is 22.5. The van der Waals surface area contributed by atoms with E-state index in [1.165, 1.54) is 29.2 Å². The molecule has 10 heteroatoms. The molecule has 1 atom stereocenters. The van der Waals surface area contributed by atoms with Gasteiger partial charge in [0.05, 0.1) is 17.3 Å². The average Bonchev–Trinajstić information content (AvgIpc) is 3.45. The predicted octanol–water partition coefficient (Wildman–Crippen LogP) is 5.62. The predicted molar refractivity (Wildman–Crippen MR) is 155 cm³/mol. The van der Waals surface area contributed by atoms with Gasteiger partial charge in [-0.2, -0.15) is 0 Å². The van der Waals surface area contributed by atoms with E-state index < -0.39 is 17.7 Å². The summed E-state index contributed by atoms with van der Waals surface area (Å²) in [6.45, 7) is 0. The van der Waals surface area contributed by atoms with Crippen LogP contribution in [-0.2, 0) is 16.0 Å². The van der Waals surface area contributed by atoms with E-state index in [9.17, 15) is 18.8 Å². The lowest BCUT2D eigenvalue weighted by molar-refractivity contribution is -0.137. The molecule has 1 amide bonds. The number of halogens is 1. The lowest BCUT2D eigenvalue weighted by atomic mass is 9.89. The zero-order chi connectivity index (χ0) is 29.2. The average molecular weight is 567 g/mol. The van der Waals surface area contributed by atoms with Crippen LogP contribution in [0.2, 0.25) is 0 Å². The van der Waals surface area contributed by atoms with E-state index in [1.807, 2.05) is 42.5 Å². The van der Waals surface area contributed by atoms with Crippen LogP contribution in [0.3, 0.4) is 0 Å². The fraction of sp³-hybridized carbons (Fsp3) is 0.219.